The molecule has 1 nitrogen and oxygen atoms in total. The molecule has 0 radical (unpaired) electrons. The van der Waals surface area contributed by atoms with Gasteiger partial charge in [0.2, 0.25) is 0 Å². The van der Waals surface area contributed by atoms with Gasteiger partial charge in [0.05, 0.1) is 5.41 Å². The lowest BCUT2D eigenvalue weighted by atomic mass is 9.66. The van der Waals surface area contributed by atoms with Gasteiger partial charge in [0.1, 0.15) is 0 Å². The Kier molecular flexibility index (Phi) is 6.11. The summed E-state index contributed by atoms with van der Waals surface area (Å²) in [5.74, 6) is 0. The normalized spacial score (nSPS) is 13.0. The maximum Gasteiger partial charge on any atom is 0.0719 e. The maximum atomic E-state index is 2.40. The third-order valence-corrected chi connectivity index (χ3v) is 9.69. The molecule has 0 heterocycles. The second-order valence-corrected chi connectivity index (χ2v) is 12.1. The molecule has 8 aromatic rings. The molecular formula is C45H31N. The first-order valence-electron chi connectivity index (χ1n) is 16.0. The zero-order valence-corrected chi connectivity index (χ0v) is 25.3. The standard InChI is InChI=1S/C45H31N/c1-5-17-32(18-6-1)45(33-19-7-2-8-20-33)42-28-16-15-27-40(42)43-38-26-14-13-25-37(38)41-31-36(29-30-39(41)44(43)45)46(34-21-9-3-10-22-34)35-23-11-4-12-24-35/h1-31H. The van der Waals surface area contributed by atoms with Crippen LogP contribution in [-0.2, 0) is 5.41 Å². The van der Waals surface area contributed by atoms with E-state index in [1.54, 1.807) is 0 Å². The fourth-order valence-electron chi connectivity index (χ4n) is 7.89. The zero-order chi connectivity index (χ0) is 30.5. The van der Waals surface area contributed by atoms with Gasteiger partial charge in [-0.15, -0.1) is 0 Å². The predicted molar refractivity (Wildman–Crippen MR) is 193 cm³/mol. The van der Waals surface area contributed by atoms with Gasteiger partial charge in [-0.1, -0.05) is 152 Å². The molecule has 0 spiro atoms. The number of para-hydroxylation sites is 2. The maximum absolute atomic E-state index is 2.40. The highest BCUT2D eigenvalue weighted by molar-refractivity contribution is 6.19. The minimum Gasteiger partial charge on any atom is -0.310 e. The number of benzene rings is 8. The molecule has 0 N–H and O–H groups in total. The van der Waals surface area contributed by atoms with Crippen molar-refractivity contribution in [2.24, 2.45) is 0 Å². The van der Waals surface area contributed by atoms with Crippen LogP contribution in [0.1, 0.15) is 22.3 Å². The van der Waals surface area contributed by atoms with Crippen LogP contribution < -0.4 is 4.90 Å². The third kappa shape index (κ3) is 3.82. The van der Waals surface area contributed by atoms with Gasteiger partial charge in [-0.2, -0.15) is 0 Å². The fourth-order valence-corrected chi connectivity index (χ4v) is 7.89. The van der Waals surface area contributed by atoms with E-state index in [1.165, 1.54) is 54.9 Å². The van der Waals surface area contributed by atoms with Crippen molar-refractivity contribution in [3.63, 3.8) is 0 Å². The highest BCUT2D eigenvalue weighted by Crippen LogP contribution is 2.60. The average molecular weight is 586 g/mol. The Balaban J connectivity index is 1.44. The summed E-state index contributed by atoms with van der Waals surface area (Å²) >= 11 is 0. The summed E-state index contributed by atoms with van der Waals surface area (Å²) in [6.07, 6.45) is 0. The topological polar surface area (TPSA) is 3.24 Å². The molecule has 0 aliphatic heterocycles. The molecule has 1 aliphatic carbocycles. The summed E-state index contributed by atoms with van der Waals surface area (Å²) in [6, 6.07) is 68.6. The van der Waals surface area contributed by atoms with E-state index in [0.29, 0.717) is 0 Å². The number of anilines is 3. The number of nitrogens with zero attached hydrogens (tertiary/aromatic N) is 1. The Morgan fingerprint density at radius 2 is 0.848 bits per heavy atom. The molecule has 46 heavy (non-hydrogen) atoms. The molecule has 1 heteroatoms. The van der Waals surface area contributed by atoms with Crippen LogP contribution in [0.15, 0.2) is 188 Å². The molecule has 9 rings (SSSR count). The SMILES string of the molecule is c1ccc(N(c2ccccc2)c2ccc3c4c(c5ccccc5c3c2)-c2ccccc2C4(c2ccccc2)c2ccccc2)cc1. The van der Waals surface area contributed by atoms with Crippen molar-refractivity contribution in [2.75, 3.05) is 4.90 Å². The number of hydrogen-bond acceptors (Lipinski definition) is 1. The van der Waals surface area contributed by atoms with Gasteiger partial charge in [-0.25, -0.2) is 0 Å². The van der Waals surface area contributed by atoms with Crippen molar-refractivity contribution in [3.8, 4) is 11.1 Å². The number of fused-ring (bicyclic) bond motifs is 8. The largest absolute Gasteiger partial charge is 0.310 e. The second kappa shape index (κ2) is 10.6. The van der Waals surface area contributed by atoms with Crippen LogP contribution in [0.3, 0.4) is 0 Å². The van der Waals surface area contributed by atoms with Crippen LogP contribution >= 0.6 is 0 Å². The molecule has 0 bridgehead atoms. The summed E-state index contributed by atoms with van der Waals surface area (Å²) in [4.78, 5) is 2.36. The molecule has 0 saturated heterocycles. The van der Waals surface area contributed by atoms with Crippen LogP contribution in [0.2, 0.25) is 0 Å². The van der Waals surface area contributed by atoms with Crippen LogP contribution in [0.25, 0.3) is 32.7 Å². The first-order valence-corrected chi connectivity index (χ1v) is 16.0. The first-order chi connectivity index (χ1) is 22.9. The Morgan fingerprint density at radius 3 is 1.46 bits per heavy atom. The molecule has 8 aromatic carbocycles. The van der Waals surface area contributed by atoms with E-state index in [0.717, 1.165) is 17.1 Å². The Labute approximate surface area is 269 Å². The quantitative estimate of drug-likeness (QED) is 0.182. The summed E-state index contributed by atoms with van der Waals surface area (Å²) in [7, 11) is 0. The van der Waals surface area contributed by atoms with Gasteiger partial charge in [0.15, 0.2) is 0 Å². The van der Waals surface area contributed by atoms with E-state index in [1.807, 2.05) is 0 Å². The van der Waals surface area contributed by atoms with Crippen molar-refractivity contribution < 1.29 is 0 Å². The van der Waals surface area contributed by atoms with Crippen LogP contribution in [0.5, 0.6) is 0 Å². The van der Waals surface area contributed by atoms with Crippen molar-refractivity contribution in [2.45, 2.75) is 5.41 Å². The van der Waals surface area contributed by atoms with Gasteiger partial charge in [0.25, 0.3) is 0 Å². The predicted octanol–water partition coefficient (Wildman–Crippen LogP) is 11.8. The van der Waals surface area contributed by atoms with E-state index >= 15 is 0 Å². The Hall–Kier alpha value is -5.92. The van der Waals surface area contributed by atoms with Crippen molar-refractivity contribution in [3.05, 3.63) is 210 Å². The highest BCUT2D eigenvalue weighted by Gasteiger charge is 2.47. The summed E-state index contributed by atoms with van der Waals surface area (Å²) in [6.45, 7) is 0. The molecule has 0 saturated carbocycles. The molecule has 216 valence electrons. The van der Waals surface area contributed by atoms with Crippen molar-refractivity contribution >= 4 is 38.6 Å². The monoisotopic (exact) mass is 585 g/mol. The molecule has 0 unspecified atom stereocenters. The van der Waals surface area contributed by atoms with E-state index in [-0.39, 0.29) is 0 Å². The van der Waals surface area contributed by atoms with E-state index < -0.39 is 5.41 Å². The number of rotatable bonds is 5. The van der Waals surface area contributed by atoms with Gasteiger partial charge >= 0.3 is 0 Å². The van der Waals surface area contributed by atoms with Gasteiger partial charge < -0.3 is 4.90 Å². The van der Waals surface area contributed by atoms with Gasteiger partial charge in [0, 0.05) is 17.1 Å². The third-order valence-electron chi connectivity index (χ3n) is 9.69. The smallest absolute Gasteiger partial charge is 0.0719 e. The van der Waals surface area contributed by atoms with E-state index in [4.69, 9.17) is 0 Å². The van der Waals surface area contributed by atoms with Gasteiger partial charge in [-0.05, 0) is 91.3 Å². The summed E-state index contributed by atoms with van der Waals surface area (Å²) in [5.41, 5.74) is 10.8. The van der Waals surface area contributed by atoms with Crippen molar-refractivity contribution in [1.29, 1.82) is 0 Å². The minimum absolute atomic E-state index is 0.475. The zero-order valence-electron chi connectivity index (χ0n) is 25.3. The molecule has 0 aromatic heterocycles. The highest BCUT2D eigenvalue weighted by atomic mass is 15.1. The van der Waals surface area contributed by atoms with E-state index in [2.05, 4.69) is 193 Å². The lowest BCUT2D eigenvalue weighted by molar-refractivity contribution is 0.776. The van der Waals surface area contributed by atoms with Gasteiger partial charge in [-0.3, -0.25) is 0 Å². The molecule has 1 aliphatic rings. The van der Waals surface area contributed by atoms with Crippen LogP contribution in [-0.4, -0.2) is 0 Å². The lowest BCUT2D eigenvalue weighted by Crippen LogP contribution is -2.28. The summed E-state index contributed by atoms with van der Waals surface area (Å²) < 4.78 is 0. The fraction of sp³-hybridized carbons (Fsp3) is 0.0222. The Morgan fingerprint density at radius 1 is 0.348 bits per heavy atom. The number of hydrogen-bond donors (Lipinski definition) is 0. The first kappa shape index (κ1) is 26.5. The lowest BCUT2D eigenvalue weighted by Gasteiger charge is -2.35. The Bertz CT molecular complexity index is 2260. The van der Waals surface area contributed by atoms with Crippen molar-refractivity contribution in [1.82, 2.24) is 0 Å². The average Bonchev–Trinajstić information content (AvgIpc) is 3.46. The molecular weight excluding hydrogens is 555 g/mol. The van der Waals surface area contributed by atoms with Crippen LogP contribution in [0.4, 0.5) is 17.1 Å². The second-order valence-electron chi connectivity index (χ2n) is 12.1. The molecule has 0 fully saturated rings. The minimum atomic E-state index is -0.475. The summed E-state index contributed by atoms with van der Waals surface area (Å²) in [5, 5.41) is 5.09. The molecule has 0 atom stereocenters. The van der Waals surface area contributed by atoms with Crippen LogP contribution in [0, 0.1) is 0 Å². The molecule has 0 amide bonds. The van der Waals surface area contributed by atoms with E-state index in [9.17, 15) is 0 Å².